The standard InChI is InChI=1S/C14H12N5/c1-2-10-13-15-5-8-18(13)12-4-7-17(10)11(3-1)14-16-6-9-19(12)14/h1-3,5-6,8-9,12H,4,7H2/q+1. The second-order valence-corrected chi connectivity index (χ2v) is 5.03. The van der Waals surface area contributed by atoms with Crippen molar-refractivity contribution in [1.82, 2.24) is 19.1 Å². The quantitative estimate of drug-likeness (QED) is 0.567. The molecular formula is C14H12N5+. The summed E-state index contributed by atoms with van der Waals surface area (Å²) in [7, 11) is 0. The van der Waals surface area contributed by atoms with Crippen molar-refractivity contribution in [3.05, 3.63) is 43.0 Å². The fourth-order valence-corrected chi connectivity index (χ4v) is 3.33. The Morgan fingerprint density at radius 1 is 1.00 bits per heavy atom. The van der Waals surface area contributed by atoms with Gasteiger partial charge in [0.25, 0.3) is 0 Å². The second-order valence-electron chi connectivity index (χ2n) is 5.03. The van der Waals surface area contributed by atoms with E-state index in [0.717, 1.165) is 24.6 Å². The zero-order valence-corrected chi connectivity index (χ0v) is 10.3. The highest BCUT2D eigenvalue weighted by Gasteiger charge is 2.36. The van der Waals surface area contributed by atoms with Gasteiger partial charge in [0.05, 0.1) is 0 Å². The van der Waals surface area contributed by atoms with Crippen LogP contribution in [0.3, 0.4) is 0 Å². The summed E-state index contributed by atoms with van der Waals surface area (Å²) >= 11 is 0. The number of pyridine rings is 1. The fraction of sp³-hybridized carbons (Fsp3) is 0.214. The minimum atomic E-state index is 0.271. The highest BCUT2D eigenvalue weighted by atomic mass is 15.3. The molecule has 0 unspecified atom stereocenters. The Morgan fingerprint density at radius 2 is 1.63 bits per heavy atom. The molecule has 5 heteroatoms. The van der Waals surface area contributed by atoms with Gasteiger partial charge in [-0.2, -0.15) is 4.57 Å². The summed E-state index contributed by atoms with van der Waals surface area (Å²) < 4.78 is 6.85. The topological polar surface area (TPSA) is 39.5 Å². The predicted octanol–water partition coefficient (Wildman–Crippen LogP) is 1.47. The van der Waals surface area contributed by atoms with E-state index in [2.05, 4.69) is 54.3 Å². The second kappa shape index (κ2) is 3.12. The highest BCUT2D eigenvalue weighted by Crippen LogP contribution is 2.33. The molecule has 5 nitrogen and oxygen atoms in total. The molecule has 5 rings (SSSR count). The van der Waals surface area contributed by atoms with Crippen molar-refractivity contribution in [2.24, 2.45) is 0 Å². The Morgan fingerprint density at radius 3 is 2.26 bits per heavy atom. The number of hydrogen-bond acceptors (Lipinski definition) is 2. The number of rotatable bonds is 0. The lowest BCUT2D eigenvalue weighted by molar-refractivity contribution is -0.675. The normalized spacial score (nSPS) is 15.8. The number of aromatic nitrogens is 5. The van der Waals surface area contributed by atoms with Crippen LogP contribution in [0.15, 0.2) is 43.0 Å². The summed E-state index contributed by atoms with van der Waals surface area (Å²) in [6.45, 7) is 1.00. The first-order valence-corrected chi connectivity index (χ1v) is 6.53. The van der Waals surface area contributed by atoms with E-state index in [1.54, 1.807) is 0 Å². The maximum absolute atomic E-state index is 4.55. The number of fused-ring (bicyclic) bond motifs is 8. The lowest BCUT2D eigenvalue weighted by Crippen LogP contribution is -2.38. The third-order valence-corrected chi connectivity index (χ3v) is 4.14. The summed E-state index contributed by atoms with van der Waals surface area (Å²) in [5, 5.41) is 0. The van der Waals surface area contributed by atoms with Crippen molar-refractivity contribution in [2.75, 3.05) is 0 Å². The van der Waals surface area contributed by atoms with Crippen molar-refractivity contribution >= 4 is 0 Å². The number of nitrogens with zero attached hydrogens (tertiary/aromatic N) is 5. The molecule has 3 aromatic heterocycles. The lowest BCUT2D eigenvalue weighted by atomic mass is 10.2. The average Bonchev–Trinajstić information content (AvgIpc) is 3.04. The zero-order valence-electron chi connectivity index (χ0n) is 10.3. The molecule has 0 aliphatic carbocycles. The highest BCUT2D eigenvalue weighted by molar-refractivity contribution is 5.54. The van der Waals surface area contributed by atoms with E-state index in [4.69, 9.17) is 0 Å². The van der Waals surface area contributed by atoms with Gasteiger partial charge in [-0.05, 0) is 6.07 Å². The molecule has 19 heavy (non-hydrogen) atoms. The van der Waals surface area contributed by atoms with Gasteiger partial charge < -0.3 is 9.13 Å². The average molecular weight is 250 g/mol. The molecule has 2 aliphatic rings. The van der Waals surface area contributed by atoms with Gasteiger partial charge in [0.2, 0.25) is 23.0 Å². The van der Waals surface area contributed by atoms with Crippen LogP contribution in [0.1, 0.15) is 12.6 Å². The van der Waals surface area contributed by atoms with Crippen molar-refractivity contribution in [2.45, 2.75) is 19.1 Å². The molecule has 5 heterocycles. The summed E-state index contributed by atoms with van der Waals surface area (Å²) in [5.74, 6) is 2.09. The fourth-order valence-electron chi connectivity index (χ4n) is 3.33. The number of imidazole rings is 2. The van der Waals surface area contributed by atoms with Crippen LogP contribution in [0.25, 0.3) is 23.0 Å². The Kier molecular flexibility index (Phi) is 1.56. The first-order chi connectivity index (χ1) is 9.43. The third kappa shape index (κ3) is 1.04. The van der Waals surface area contributed by atoms with Crippen LogP contribution in [0.2, 0.25) is 0 Å². The minimum absolute atomic E-state index is 0.271. The molecule has 0 aromatic carbocycles. The summed E-state index contributed by atoms with van der Waals surface area (Å²) in [6, 6.07) is 6.37. The van der Waals surface area contributed by atoms with Gasteiger partial charge in [-0.15, -0.1) is 0 Å². The Labute approximate surface area is 109 Å². The largest absolute Gasteiger partial charge is 0.304 e. The van der Waals surface area contributed by atoms with Crippen LogP contribution in [0, 0.1) is 0 Å². The van der Waals surface area contributed by atoms with Crippen molar-refractivity contribution in [3.8, 4) is 23.0 Å². The monoisotopic (exact) mass is 250 g/mol. The van der Waals surface area contributed by atoms with E-state index in [-0.39, 0.29) is 6.17 Å². The van der Waals surface area contributed by atoms with E-state index in [1.165, 1.54) is 11.4 Å². The van der Waals surface area contributed by atoms with E-state index in [1.807, 2.05) is 12.4 Å². The van der Waals surface area contributed by atoms with Crippen LogP contribution in [-0.4, -0.2) is 19.1 Å². The van der Waals surface area contributed by atoms with Gasteiger partial charge in [0.15, 0.2) is 6.54 Å². The Hall–Kier alpha value is -2.43. The minimum Gasteiger partial charge on any atom is -0.304 e. The molecule has 0 fully saturated rings. The maximum Gasteiger partial charge on any atom is 0.249 e. The zero-order chi connectivity index (χ0) is 12.4. The molecule has 92 valence electrons. The van der Waals surface area contributed by atoms with Crippen molar-refractivity contribution in [1.29, 1.82) is 0 Å². The van der Waals surface area contributed by atoms with Crippen molar-refractivity contribution < 1.29 is 4.57 Å². The summed E-state index contributed by atoms with van der Waals surface area (Å²) in [6.07, 6.45) is 9.22. The SMILES string of the molecule is c1cc2[n+]3c(c1)-c1nccn1C(CC3)n1ccnc1-2. The van der Waals surface area contributed by atoms with Crippen LogP contribution in [-0.2, 0) is 6.54 Å². The van der Waals surface area contributed by atoms with Crippen LogP contribution in [0.4, 0.5) is 0 Å². The van der Waals surface area contributed by atoms with Crippen LogP contribution >= 0.6 is 0 Å². The van der Waals surface area contributed by atoms with Gasteiger partial charge in [0.1, 0.15) is 6.17 Å². The first-order valence-electron chi connectivity index (χ1n) is 6.53. The van der Waals surface area contributed by atoms with Gasteiger partial charge >= 0.3 is 0 Å². The van der Waals surface area contributed by atoms with Gasteiger partial charge in [-0.25, -0.2) is 9.97 Å². The maximum atomic E-state index is 4.55. The molecule has 0 saturated carbocycles. The van der Waals surface area contributed by atoms with E-state index in [0.29, 0.717) is 0 Å². The Bertz CT molecular complexity index is 737. The molecule has 0 radical (unpaired) electrons. The van der Waals surface area contributed by atoms with Gasteiger partial charge in [0, 0.05) is 43.3 Å². The molecule has 0 saturated heterocycles. The predicted molar refractivity (Wildman–Crippen MR) is 68.1 cm³/mol. The van der Waals surface area contributed by atoms with Crippen molar-refractivity contribution in [3.63, 3.8) is 0 Å². The molecule has 2 bridgehead atoms. The van der Waals surface area contributed by atoms with Gasteiger partial charge in [-0.3, -0.25) is 0 Å². The molecule has 0 N–H and O–H groups in total. The lowest BCUT2D eigenvalue weighted by Gasteiger charge is -2.19. The number of hydrogen-bond donors (Lipinski definition) is 0. The van der Waals surface area contributed by atoms with Crippen LogP contribution in [0.5, 0.6) is 0 Å². The smallest absolute Gasteiger partial charge is 0.249 e. The first kappa shape index (κ1) is 9.49. The molecule has 2 aliphatic heterocycles. The Balaban J connectivity index is 2.03. The van der Waals surface area contributed by atoms with E-state index < -0.39 is 0 Å². The van der Waals surface area contributed by atoms with E-state index >= 15 is 0 Å². The molecule has 0 spiro atoms. The van der Waals surface area contributed by atoms with Gasteiger partial charge in [-0.1, -0.05) is 0 Å². The van der Waals surface area contributed by atoms with Crippen LogP contribution < -0.4 is 4.57 Å². The summed E-state index contributed by atoms with van der Waals surface area (Å²) in [4.78, 5) is 9.10. The molecule has 3 aromatic rings. The molecule has 0 amide bonds. The summed E-state index contributed by atoms with van der Waals surface area (Å²) in [5.41, 5.74) is 2.36. The molecular weight excluding hydrogens is 238 g/mol. The van der Waals surface area contributed by atoms with E-state index in [9.17, 15) is 0 Å². The third-order valence-electron chi connectivity index (χ3n) is 4.14. The molecule has 0 atom stereocenters.